The number of hydrogen-bond acceptors (Lipinski definition) is 8. The van der Waals surface area contributed by atoms with Crippen molar-refractivity contribution in [3.8, 4) is 0 Å². The van der Waals surface area contributed by atoms with Crippen LogP contribution in [0.15, 0.2) is 30.3 Å². The Balaban J connectivity index is 1.77. The number of hydrogen-bond donors (Lipinski definition) is 3. The molecule has 0 saturated carbocycles. The highest BCUT2D eigenvalue weighted by atomic mass is 16.5. The quantitative estimate of drug-likeness (QED) is 0.193. The Kier molecular flexibility index (Phi) is 16.3. The second-order valence-corrected chi connectivity index (χ2v) is 15.7. The van der Waals surface area contributed by atoms with Crippen LogP contribution in [0.1, 0.15) is 85.6 Å². The summed E-state index contributed by atoms with van der Waals surface area (Å²) in [5.41, 5.74) is 0.101. The Bertz CT molecular complexity index is 1390. The predicted molar refractivity (Wildman–Crippen MR) is 203 cm³/mol. The van der Waals surface area contributed by atoms with Gasteiger partial charge in [0, 0.05) is 34.2 Å². The van der Waals surface area contributed by atoms with Crippen molar-refractivity contribution in [1.29, 1.82) is 0 Å². The van der Waals surface area contributed by atoms with Gasteiger partial charge in [0.05, 0.1) is 42.2 Å². The fraction of sp³-hybridized carbons (Fsp3) is 0.725. The molecule has 1 aromatic rings. The molecule has 13 nitrogen and oxygen atoms in total. The number of benzene rings is 1. The van der Waals surface area contributed by atoms with Crippen LogP contribution in [0.5, 0.6) is 0 Å². The van der Waals surface area contributed by atoms with E-state index >= 15 is 0 Å². The summed E-state index contributed by atoms with van der Waals surface area (Å²) >= 11 is 0. The van der Waals surface area contributed by atoms with E-state index < -0.39 is 59.7 Å². The normalized spacial score (nSPS) is 23.1. The standard InChI is InChI=1S/C40H65N5O8/c1-11-26(4)34(44(8)37(48)33(25(2)3)42-39(51)40(6)20-16-21-43(40)7)31(52-9)24-32(46)45-22-15-19-30(45)35(53-10)27(5)36(47)41-29(38(49)50)23-28-17-13-12-14-18-28/h12-14,17-18,25-27,29-31,33-35H,11,15-16,19-24H2,1-10H3,(H,41,47)(H,42,51)(H,49,50)/t26-,27+,29-,30-,31+,33-,34?,35+,40-/m0/s1. The van der Waals surface area contributed by atoms with E-state index in [-0.39, 0.29) is 42.4 Å². The molecule has 3 N–H and O–H groups in total. The number of methoxy groups -OCH3 is 2. The summed E-state index contributed by atoms with van der Waals surface area (Å²) in [4.78, 5) is 73.0. The van der Waals surface area contributed by atoms with Gasteiger partial charge in [-0.25, -0.2) is 4.79 Å². The highest BCUT2D eigenvalue weighted by molar-refractivity contribution is 5.92. The lowest BCUT2D eigenvalue weighted by atomic mass is 9.89. The number of nitrogens with zero attached hydrogens (tertiary/aromatic N) is 3. The third-order valence-electron chi connectivity index (χ3n) is 11.9. The molecule has 2 fully saturated rings. The third kappa shape index (κ3) is 10.6. The molecule has 0 radical (unpaired) electrons. The molecule has 13 heteroatoms. The first-order valence-corrected chi connectivity index (χ1v) is 19.2. The van der Waals surface area contributed by atoms with Gasteiger partial charge < -0.3 is 35.0 Å². The number of likely N-dealkylation sites (N-methyl/N-ethyl adjacent to an activating group) is 2. The summed E-state index contributed by atoms with van der Waals surface area (Å²) in [6.07, 6.45) is 2.48. The minimum Gasteiger partial charge on any atom is -0.480 e. The summed E-state index contributed by atoms with van der Waals surface area (Å²) < 4.78 is 11.9. The van der Waals surface area contributed by atoms with Gasteiger partial charge in [0.25, 0.3) is 0 Å². The molecule has 1 aromatic carbocycles. The van der Waals surface area contributed by atoms with E-state index in [4.69, 9.17) is 9.47 Å². The highest BCUT2D eigenvalue weighted by Crippen LogP contribution is 2.31. The molecule has 3 rings (SSSR count). The molecule has 9 atom stereocenters. The Morgan fingerprint density at radius 1 is 1.00 bits per heavy atom. The lowest BCUT2D eigenvalue weighted by Crippen LogP contribution is -2.61. The number of aliphatic carboxylic acids is 1. The van der Waals surface area contributed by atoms with Crippen LogP contribution in [-0.4, -0.2) is 133 Å². The molecule has 2 aliphatic heterocycles. The van der Waals surface area contributed by atoms with E-state index in [2.05, 4.69) is 10.6 Å². The third-order valence-corrected chi connectivity index (χ3v) is 11.9. The Labute approximate surface area is 316 Å². The Morgan fingerprint density at radius 2 is 1.66 bits per heavy atom. The van der Waals surface area contributed by atoms with Crippen molar-refractivity contribution in [3.63, 3.8) is 0 Å². The fourth-order valence-corrected chi connectivity index (χ4v) is 8.07. The van der Waals surface area contributed by atoms with E-state index in [0.29, 0.717) is 19.4 Å². The van der Waals surface area contributed by atoms with Crippen molar-refractivity contribution < 1.29 is 38.6 Å². The van der Waals surface area contributed by atoms with Crippen LogP contribution in [0.3, 0.4) is 0 Å². The number of amides is 4. The van der Waals surface area contributed by atoms with E-state index in [0.717, 1.165) is 31.4 Å². The molecule has 0 bridgehead atoms. The van der Waals surface area contributed by atoms with Crippen molar-refractivity contribution in [2.45, 2.75) is 128 Å². The molecule has 0 aromatic heterocycles. The fourth-order valence-electron chi connectivity index (χ4n) is 8.07. The largest absolute Gasteiger partial charge is 0.480 e. The van der Waals surface area contributed by atoms with E-state index in [1.165, 1.54) is 7.11 Å². The average molecular weight is 744 g/mol. The van der Waals surface area contributed by atoms with Gasteiger partial charge in [0.1, 0.15) is 12.1 Å². The molecular weight excluding hydrogens is 678 g/mol. The van der Waals surface area contributed by atoms with E-state index in [9.17, 15) is 29.1 Å². The van der Waals surface area contributed by atoms with Crippen LogP contribution in [0, 0.1) is 17.8 Å². The minimum absolute atomic E-state index is 0.00360. The van der Waals surface area contributed by atoms with Crippen LogP contribution < -0.4 is 10.6 Å². The topological polar surface area (TPSA) is 158 Å². The highest BCUT2D eigenvalue weighted by Gasteiger charge is 2.45. The molecular formula is C40H65N5O8. The van der Waals surface area contributed by atoms with Gasteiger partial charge in [-0.2, -0.15) is 0 Å². The predicted octanol–water partition coefficient (Wildman–Crippen LogP) is 3.34. The maximum absolute atomic E-state index is 14.2. The summed E-state index contributed by atoms with van der Waals surface area (Å²) in [6, 6.07) is 6.34. The number of carbonyl (C=O) groups excluding carboxylic acids is 4. The van der Waals surface area contributed by atoms with Gasteiger partial charge in [-0.15, -0.1) is 0 Å². The summed E-state index contributed by atoms with van der Waals surface area (Å²) in [5.74, 6) is -3.14. The monoisotopic (exact) mass is 743 g/mol. The molecule has 2 saturated heterocycles. The minimum atomic E-state index is -1.14. The Hall–Kier alpha value is -3.55. The lowest BCUT2D eigenvalue weighted by Gasteiger charge is -2.41. The second-order valence-electron chi connectivity index (χ2n) is 15.7. The second kappa shape index (κ2) is 19.7. The van der Waals surface area contributed by atoms with Gasteiger partial charge in [-0.1, -0.05) is 71.4 Å². The zero-order valence-electron chi connectivity index (χ0n) is 33.6. The van der Waals surface area contributed by atoms with E-state index in [1.807, 2.05) is 76.9 Å². The van der Waals surface area contributed by atoms with Crippen LogP contribution in [0.25, 0.3) is 0 Å². The van der Waals surface area contributed by atoms with Crippen LogP contribution in [0.2, 0.25) is 0 Å². The lowest BCUT2D eigenvalue weighted by molar-refractivity contribution is -0.148. The summed E-state index contributed by atoms with van der Waals surface area (Å²) in [6.45, 7) is 12.8. The SMILES string of the molecule is CC[C@H](C)C([C@@H](CC(=O)N1CCC[C@H]1[C@H](OC)[C@@H](C)C(=O)N[C@@H](Cc1ccccc1)C(=O)O)OC)N(C)C(=O)[C@@H](NC(=O)[C@]1(C)CCCN1C)C(C)C. The maximum atomic E-state index is 14.2. The number of carbonyl (C=O) groups is 5. The van der Waals surface area contributed by atoms with Crippen molar-refractivity contribution >= 4 is 29.6 Å². The maximum Gasteiger partial charge on any atom is 0.326 e. The van der Waals surface area contributed by atoms with Gasteiger partial charge in [0.2, 0.25) is 23.6 Å². The number of nitrogens with one attached hydrogen (secondary N) is 2. The van der Waals surface area contributed by atoms with Crippen molar-refractivity contribution in [3.05, 3.63) is 35.9 Å². The average Bonchev–Trinajstić information content (AvgIpc) is 3.76. The van der Waals surface area contributed by atoms with Gasteiger partial charge in [-0.3, -0.25) is 24.1 Å². The van der Waals surface area contributed by atoms with Crippen molar-refractivity contribution in [2.75, 3.05) is 41.4 Å². The molecule has 0 aliphatic carbocycles. The van der Waals surface area contributed by atoms with Gasteiger partial charge in [-0.05, 0) is 63.6 Å². The molecule has 2 heterocycles. The Morgan fingerprint density at radius 3 is 2.19 bits per heavy atom. The molecule has 0 spiro atoms. The van der Waals surface area contributed by atoms with Crippen LogP contribution in [0.4, 0.5) is 0 Å². The first-order valence-electron chi connectivity index (χ1n) is 19.2. The van der Waals surface area contributed by atoms with Crippen molar-refractivity contribution in [2.24, 2.45) is 17.8 Å². The number of carboxylic acids is 1. The van der Waals surface area contributed by atoms with E-state index in [1.54, 1.807) is 30.9 Å². The van der Waals surface area contributed by atoms with Crippen molar-refractivity contribution in [1.82, 2.24) is 25.3 Å². The summed E-state index contributed by atoms with van der Waals surface area (Å²) in [7, 11) is 6.70. The number of rotatable bonds is 19. The van der Waals surface area contributed by atoms with Gasteiger partial charge >= 0.3 is 5.97 Å². The zero-order valence-corrected chi connectivity index (χ0v) is 33.6. The molecule has 2 aliphatic rings. The smallest absolute Gasteiger partial charge is 0.326 e. The zero-order chi connectivity index (χ0) is 39.6. The first-order chi connectivity index (χ1) is 25.0. The number of carboxylic acid groups (broad SMARTS) is 1. The molecule has 1 unspecified atom stereocenters. The first kappa shape index (κ1) is 43.9. The van der Waals surface area contributed by atoms with Gasteiger partial charge in [0.15, 0.2) is 0 Å². The number of likely N-dealkylation sites (tertiary alicyclic amines) is 2. The number of ether oxygens (including phenoxy) is 2. The molecule has 298 valence electrons. The summed E-state index contributed by atoms with van der Waals surface area (Å²) in [5, 5.41) is 15.6. The van der Waals surface area contributed by atoms with Crippen LogP contribution >= 0.6 is 0 Å². The molecule has 53 heavy (non-hydrogen) atoms. The van der Waals surface area contributed by atoms with Crippen LogP contribution in [-0.2, 0) is 39.9 Å². The molecule has 4 amide bonds.